The zero-order valence-electron chi connectivity index (χ0n) is 11.4. The molecule has 0 fully saturated rings. The molecule has 0 aliphatic carbocycles. The van der Waals surface area contributed by atoms with E-state index >= 15 is 0 Å². The van der Waals surface area contributed by atoms with Crippen LogP contribution in [0.5, 0.6) is 5.75 Å². The number of hydrogen-bond acceptors (Lipinski definition) is 2. The molecular formula is C15H11F3N2O2. The first kappa shape index (κ1) is 14.2. The fourth-order valence-electron chi connectivity index (χ4n) is 2.37. The molecule has 2 aromatic carbocycles. The molecule has 4 nitrogen and oxygen atoms in total. The molecule has 0 amide bonds. The molecule has 7 heteroatoms. The van der Waals surface area contributed by atoms with Gasteiger partial charge in [-0.3, -0.25) is 4.57 Å². The van der Waals surface area contributed by atoms with Crippen LogP contribution in [0.4, 0.5) is 13.2 Å². The van der Waals surface area contributed by atoms with Gasteiger partial charge in [-0.1, -0.05) is 12.1 Å². The SMILES string of the molecule is COc1cccc(-n2c(=O)[nH]c3c(C(F)(F)F)cccc32)c1. The van der Waals surface area contributed by atoms with E-state index in [1.165, 1.54) is 23.8 Å². The summed E-state index contributed by atoms with van der Waals surface area (Å²) in [5.74, 6) is 0.505. The van der Waals surface area contributed by atoms with Crippen LogP contribution in [0.15, 0.2) is 47.3 Å². The van der Waals surface area contributed by atoms with Crippen molar-refractivity contribution >= 4 is 11.0 Å². The van der Waals surface area contributed by atoms with Gasteiger partial charge in [0.15, 0.2) is 0 Å². The molecule has 1 heterocycles. The summed E-state index contributed by atoms with van der Waals surface area (Å²) in [6.45, 7) is 0. The van der Waals surface area contributed by atoms with Gasteiger partial charge in [0, 0.05) is 6.07 Å². The van der Waals surface area contributed by atoms with Crippen molar-refractivity contribution in [2.45, 2.75) is 6.18 Å². The molecule has 0 aliphatic heterocycles. The minimum atomic E-state index is -4.54. The summed E-state index contributed by atoms with van der Waals surface area (Å²) in [6.07, 6.45) is -4.54. The second-order valence-corrected chi connectivity index (χ2v) is 4.66. The molecular weight excluding hydrogens is 297 g/mol. The number of fused-ring (bicyclic) bond motifs is 1. The van der Waals surface area contributed by atoms with Gasteiger partial charge in [0.1, 0.15) is 5.75 Å². The van der Waals surface area contributed by atoms with Crippen LogP contribution >= 0.6 is 0 Å². The van der Waals surface area contributed by atoms with Crippen molar-refractivity contribution in [2.75, 3.05) is 7.11 Å². The van der Waals surface area contributed by atoms with Crippen molar-refractivity contribution in [3.63, 3.8) is 0 Å². The number of para-hydroxylation sites is 1. The van der Waals surface area contributed by atoms with Crippen molar-refractivity contribution in [1.29, 1.82) is 0 Å². The number of nitrogens with one attached hydrogen (secondary N) is 1. The van der Waals surface area contributed by atoms with E-state index in [0.29, 0.717) is 11.4 Å². The van der Waals surface area contributed by atoms with E-state index in [4.69, 9.17) is 4.74 Å². The smallest absolute Gasteiger partial charge is 0.418 e. The van der Waals surface area contributed by atoms with Crippen LogP contribution in [0.3, 0.4) is 0 Å². The highest BCUT2D eigenvalue weighted by Crippen LogP contribution is 2.34. The van der Waals surface area contributed by atoms with Crippen molar-refractivity contribution in [2.24, 2.45) is 0 Å². The third kappa shape index (κ3) is 2.24. The number of alkyl halides is 3. The Balaban J connectivity index is 2.32. The molecule has 22 heavy (non-hydrogen) atoms. The summed E-state index contributed by atoms with van der Waals surface area (Å²) >= 11 is 0. The van der Waals surface area contributed by atoms with Gasteiger partial charge in [0.2, 0.25) is 0 Å². The van der Waals surface area contributed by atoms with Crippen LogP contribution < -0.4 is 10.4 Å². The van der Waals surface area contributed by atoms with Crippen LogP contribution in [-0.2, 0) is 6.18 Å². The van der Waals surface area contributed by atoms with Crippen LogP contribution in [-0.4, -0.2) is 16.7 Å². The standard InChI is InChI=1S/C15H11F3N2O2/c1-22-10-5-2-4-9(8-10)20-12-7-3-6-11(15(16,17)18)13(12)19-14(20)21/h2-8H,1H3,(H,19,21). The minimum absolute atomic E-state index is 0.160. The Hall–Kier alpha value is -2.70. The van der Waals surface area contributed by atoms with Crippen LogP contribution in [0.25, 0.3) is 16.7 Å². The average Bonchev–Trinajstić information content (AvgIpc) is 2.81. The molecule has 0 radical (unpaired) electrons. The van der Waals surface area contributed by atoms with Crippen LogP contribution in [0.2, 0.25) is 0 Å². The van der Waals surface area contributed by atoms with Crippen molar-refractivity contribution < 1.29 is 17.9 Å². The number of nitrogens with zero attached hydrogens (tertiary/aromatic N) is 1. The van der Waals surface area contributed by atoms with Gasteiger partial charge < -0.3 is 9.72 Å². The van der Waals surface area contributed by atoms with E-state index in [1.54, 1.807) is 24.3 Å². The minimum Gasteiger partial charge on any atom is -0.497 e. The number of H-pyrrole nitrogens is 1. The van der Waals surface area contributed by atoms with Crippen molar-refractivity contribution in [1.82, 2.24) is 9.55 Å². The fraction of sp³-hybridized carbons (Fsp3) is 0.133. The Labute approximate surface area is 122 Å². The third-order valence-electron chi connectivity index (χ3n) is 3.34. The number of hydrogen-bond donors (Lipinski definition) is 1. The maximum atomic E-state index is 13.0. The van der Waals surface area contributed by atoms with Crippen LogP contribution in [0, 0.1) is 0 Å². The van der Waals surface area contributed by atoms with Crippen LogP contribution in [0.1, 0.15) is 5.56 Å². The fourth-order valence-corrected chi connectivity index (χ4v) is 2.37. The third-order valence-corrected chi connectivity index (χ3v) is 3.34. The Morgan fingerprint density at radius 1 is 1.14 bits per heavy atom. The summed E-state index contributed by atoms with van der Waals surface area (Å²) in [7, 11) is 1.47. The number of aromatic amines is 1. The van der Waals surface area contributed by atoms with Gasteiger partial charge in [-0.2, -0.15) is 13.2 Å². The Morgan fingerprint density at radius 2 is 1.86 bits per heavy atom. The summed E-state index contributed by atoms with van der Waals surface area (Å²) in [5, 5.41) is 0. The lowest BCUT2D eigenvalue weighted by Crippen LogP contribution is -2.14. The highest BCUT2D eigenvalue weighted by atomic mass is 19.4. The first-order valence-corrected chi connectivity index (χ1v) is 6.37. The zero-order valence-corrected chi connectivity index (χ0v) is 11.4. The molecule has 0 atom stereocenters. The number of methoxy groups -OCH3 is 1. The molecule has 114 valence electrons. The van der Waals surface area contributed by atoms with E-state index in [0.717, 1.165) is 6.07 Å². The predicted octanol–water partition coefficient (Wildman–Crippen LogP) is 3.35. The maximum absolute atomic E-state index is 13.0. The van der Waals surface area contributed by atoms with E-state index in [9.17, 15) is 18.0 Å². The number of imidazole rings is 1. The quantitative estimate of drug-likeness (QED) is 0.789. The van der Waals surface area contributed by atoms with Crippen molar-refractivity contribution in [3.8, 4) is 11.4 Å². The zero-order chi connectivity index (χ0) is 15.9. The Bertz CT molecular complexity index is 894. The van der Waals surface area contributed by atoms with Gasteiger partial charge in [-0.05, 0) is 24.3 Å². The molecule has 0 aliphatic rings. The predicted molar refractivity (Wildman–Crippen MR) is 75.4 cm³/mol. The van der Waals surface area contributed by atoms with E-state index in [1.807, 2.05) is 0 Å². The highest BCUT2D eigenvalue weighted by molar-refractivity contribution is 5.81. The summed E-state index contributed by atoms with van der Waals surface area (Å²) in [5.41, 5.74) is -1.16. The van der Waals surface area contributed by atoms with Gasteiger partial charge in [0.05, 0.1) is 29.4 Å². The Kier molecular flexibility index (Phi) is 3.20. The maximum Gasteiger partial charge on any atom is 0.418 e. The first-order chi connectivity index (χ1) is 10.4. The number of ether oxygens (including phenoxy) is 1. The number of halogens is 3. The van der Waals surface area contributed by atoms with Gasteiger partial charge in [0.25, 0.3) is 0 Å². The van der Waals surface area contributed by atoms with Gasteiger partial charge >= 0.3 is 11.9 Å². The number of aromatic nitrogens is 2. The Morgan fingerprint density at radius 3 is 2.55 bits per heavy atom. The lowest BCUT2D eigenvalue weighted by Gasteiger charge is -2.09. The number of benzene rings is 2. The molecule has 0 unspecified atom stereocenters. The van der Waals surface area contributed by atoms with E-state index < -0.39 is 17.4 Å². The largest absolute Gasteiger partial charge is 0.497 e. The molecule has 3 aromatic rings. The summed E-state index contributed by atoms with van der Waals surface area (Å²) < 4.78 is 45.4. The lowest BCUT2D eigenvalue weighted by molar-refractivity contribution is -0.136. The second kappa shape index (κ2) is 4.94. The monoisotopic (exact) mass is 308 g/mol. The summed E-state index contributed by atoms with van der Waals surface area (Å²) in [6, 6.07) is 10.2. The molecule has 0 saturated carbocycles. The first-order valence-electron chi connectivity index (χ1n) is 6.37. The topological polar surface area (TPSA) is 47.0 Å². The van der Waals surface area contributed by atoms with Crippen molar-refractivity contribution in [3.05, 3.63) is 58.5 Å². The van der Waals surface area contributed by atoms with Gasteiger partial charge in [-0.15, -0.1) is 0 Å². The normalized spacial score (nSPS) is 11.8. The molecule has 0 bridgehead atoms. The van der Waals surface area contributed by atoms with E-state index in [-0.39, 0.29) is 11.0 Å². The van der Waals surface area contributed by atoms with Gasteiger partial charge in [-0.25, -0.2) is 4.79 Å². The van der Waals surface area contributed by atoms with E-state index in [2.05, 4.69) is 4.98 Å². The number of rotatable bonds is 2. The lowest BCUT2D eigenvalue weighted by atomic mass is 10.1. The molecule has 1 aromatic heterocycles. The molecule has 1 N–H and O–H groups in total. The average molecular weight is 308 g/mol. The molecule has 0 saturated heterocycles. The highest BCUT2D eigenvalue weighted by Gasteiger charge is 2.33. The summed E-state index contributed by atoms with van der Waals surface area (Å²) in [4.78, 5) is 14.4. The second-order valence-electron chi connectivity index (χ2n) is 4.66. The molecule has 3 rings (SSSR count). The molecule has 0 spiro atoms.